The van der Waals surface area contributed by atoms with Crippen molar-refractivity contribution >= 4 is 27.3 Å². The molecule has 1 radical (unpaired) electrons. The third-order valence-corrected chi connectivity index (χ3v) is 8.18. The van der Waals surface area contributed by atoms with Crippen molar-refractivity contribution in [3.8, 4) is 11.6 Å². The van der Waals surface area contributed by atoms with E-state index in [1.165, 1.54) is 22.4 Å². The molecule has 0 aliphatic carbocycles. The normalized spacial score (nSPS) is 12.4. The summed E-state index contributed by atoms with van der Waals surface area (Å²) in [6, 6.07) is 21.8. The molecule has 0 aliphatic heterocycles. The van der Waals surface area contributed by atoms with Crippen LogP contribution in [0.25, 0.3) is 21.5 Å². The summed E-state index contributed by atoms with van der Waals surface area (Å²) in [6.07, 6.45) is 4.86. The van der Waals surface area contributed by atoms with E-state index in [1.54, 1.807) is 0 Å². The molecule has 1 aromatic heterocycles. The smallest absolute Gasteiger partial charge is 0.225 e. The molecule has 0 spiro atoms. The van der Waals surface area contributed by atoms with E-state index in [0.29, 0.717) is 11.6 Å². The summed E-state index contributed by atoms with van der Waals surface area (Å²) in [7, 11) is 0. The number of nitrogens with zero attached hydrogens (tertiary/aromatic N) is 1. The van der Waals surface area contributed by atoms with E-state index in [4.69, 9.17) is 4.74 Å². The second-order valence-electron chi connectivity index (χ2n) is 13.1. The SMILES string of the molecule is CCC(C)(C)C(=O)/C=C(\O)C(C)(C)CC.Cc1cnc(Oc2[c-]cccc2)c2c1ccc1cc(C(C)(C)C)ccc12.[Ir]. The molecule has 0 aliphatic rings. The van der Waals surface area contributed by atoms with Crippen LogP contribution < -0.4 is 4.74 Å². The summed E-state index contributed by atoms with van der Waals surface area (Å²) in [5, 5.41) is 14.4. The molecule has 0 atom stereocenters. The van der Waals surface area contributed by atoms with Crippen molar-refractivity contribution in [2.24, 2.45) is 10.8 Å². The summed E-state index contributed by atoms with van der Waals surface area (Å²) in [5.41, 5.74) is 1.90. The minimum atomic E-state index is -0.377. The Labute approximate surface area is 266 Å². The second-order valence-corrected chi connectivity index (χ2v) is 13.1. The Balaban J connectivity index is 0.000000334. The Bertz CT molecular complexity index is 1550. The van der Waals surface area contributed by atoms with Crippen molar-refractivity contribution < 1.29 is 34.7 Å². The fraction of sp³-hybridized carbons (Fsp3) is 0.405. The number of hydrogen-bond donors (Lipinski definition) is 1. The number of para-hydroxylation sites is 1. The van der Waals surface area contributed by atoms with Crippen LogP contribution in [0.2, 0.25) is 0 Å². The first kappa shape index (κ1) is 35.2. The summed E-state index contributed by atoms with van der Waals surface area (Å²) in [5.74, 6) is 1.50. The monoisotopic (exact) mass is 745 g/mol. The third-order valence-electron chi connectivity index (χ3n) is 8.18. The van der Waals surface area contributed by atoms with Crippen molar-refractivity contribution in [3.05, 3.63) is 89.8 Å². The molecule has 3 aromatic carbocycles. The zero-order valence-corrected chi connectivity index (χ0v) is 29.2. The van der Waals surface area contributed by atoms with Gasteiger partial charge in [0.25, 0.3) is 0 Å². The van der Waals surface area contributed by atoms with Crippen LogP contribution in [-0.4, -0.2) is 15.9 Å². The number of aryl methyl sites for hydroxylation is 1. The molecule has 4 rings (SSSR count). The quantitative estimate of drug-likeness (QED) is 0.0886. The van der Waals surface area contributed by atoms with Crippen LogP contribution in [0.4, 0.5) is 0 Å². The molecule has 1 N–H and O–H groups in total. The zero-order valence-electron chi connectivity index (χ0n) is 26.8. The van der Waals surface area contributed by atoms with Gasteiger partial charge in [-0.2, -0.15) is 18.2 Å². The van der Waals surface area contributed by atoms with E-state index in [1.807, 2.05) is 72.0 Å². The molecule has 0 bridgehead atoms. The van der Waals surface area contributed by atoms with Gasteiger partial charge in [0.1, 0.15) is 5.76 Å². The number of allylic oxidation sites excluding steroid dienone is 2. The number of fused-ring (bicyclic) bond motifs is 3. The number of ether oxygens (including phenoxy) is 1. The fourth-order valence-electron chi connectivity index (χ4n) is 4.14. The van der Waals surface area contributed by atoms with Gasteiger partial charge in [-0.15, -0.1) is 12.1 Å². The fourth-order valence-corrected chi connectivity index (χ4v) is 4.14. The number of ketones is 1. The number of rotatable bonds is 7. The maximum absolute atomic E-state index is 11.8. The predicted octanol–water partition coefficient (Wildman–Crippen LogP) is 10.5. The van der Waals surface area contributed by atoms with Crippen LogP contribution in [0, 0.1) is 23.8 Å². The summed E-state index contributed by atoms with van der Waals surface area (Å²) < 4.78 is 6.09. The number of hydrogen-bond acceptors (Lipinski definition) is 4. The molecule has 0 unspecified atom stereocenters. The third kappa shape index (κ3) is 8.30. The van der Waals surface area contributed by atoms with Gasteiger partial charge in [0.15, 0.2) is 5.78 Å². The van der Waals surface area contributed by atoms with E-state index in [0.717, 1.165) is 29.2 Å². The first-order chi connectivity index (χ1) is 19.1. The molecular formula is C37H46IrNO3-. The standard InChI is InChI=1S/C24H22NO.C13H24O2.Ir/c1-16-15-25-23(26-19-8-6-5-7-9-19)22-20(16)12-10-17-14-18(24(2,3)4)11-13-21(17)22;1-7-12(3,4)10(14)9-11(15)13(5,6)8-2;/h5-8,10-15H,1-4H3;9,14H,7-8H2,1-6H3;/q-1;;/b;10-9-;. The molecule has 5 heteroatoms. The topological polar surface area (TPSA) is 59.4 Å². The van der Waals surface area contributed by atoms with E-state index in [2.05, 4.69) is 69.1 Å². The van der Waals surface area contributed by atoms with Crippen LogP contribution in [0.3, 0.4) is 0 Å². The van der Waals surface area contributed by atoms with Gasteiger partial charge in [-0.3, -0.25) is 4.79 Å². The van der Waals surface area contributed by atoms with Crippen molar-refractivity contribution in [1.29, 1.82) is 0 Å². The molecule has 4 aromatic rings. The number of aliphatic hydroxyl groups excluding tert-OH is 1. The Morgan fingerprint density at radius 1 is 0.929 bits per heavy atom. The van der Waals surface area contributed by atoms with E-state index < -0.39 is 0 Å². The van der Waals surface area contributed by atoms with Gasteiger partial charge in [-0.05, 0) is 52.5 Å². The average molecular weight is 745 g/mol. The van der Waals surface area contributed by atoms with E-state index in [9.17, 15) is 9.90 Å². The molecule has 0 saturated carbocycles. The van der Waals surface area contributed by atoms with Gasteiger partial charge in [0, 0.05) is 49.0 Å². The van der Waals surface area contributed by atoms with Crippen LogP contribution in [0.1, 0.15) is 86.3 Å². The number of carbonyl (C=O) groups is 1. The van der Waals surface area contributed by atoms with Gasteiger partial charge in [0.05, 0.1) is 5.39 Å². The molecular weight excluding hydrogens is 699 g/mol. The van der Waals surface area contributed by atoms with Gasteiger partial charge in [-0.25, -0.2) is 4.98 Å². The molecule has 0 fully saturated rings. The van der Waals surface area contributed by atoms with Gasteiger partial charge >= 0.3 is 0 Å². The van der Waals surface area contributed by atoms with Gasteiger partial charge in [-0.1, -0.05) is 92.6 Å². The van der Waals surface area contributed by atoms with Gasteiger partial charge < -0.3 is 9.84 Å². The Morgan fingerprint density at radius 3 is 2.14 bits per heavy atom. The number of aromatic nitrogens is 1. The first-order valence-electron chi connectivity index (χ1n) is 14.5. The Morgan fingerprint density at radius 2 is 1.57 bits per heavy atom. The number of carbonyl (C=O) groups excluding carboxylic acids is 1. The van der Waals surface area contributed by atoms with Gasteiger partial charge in [0.2, 0.25) is 5.88 Å². The number of pyridine rings is 1. The largest absolute Gasteiger partial charge is 0.512 e. The minimum Gasteiger partial charge on any atom is -0.512 e. The van der Waals surface area contributed by atoms with Crippen molar-refractivity contribution in [3.63, 3.8) is 0 Å². The Hall–Kier alpha value is -3.01. The van der Waals surface area contributed by atoms with Crippen molar-refractivity contribution in [1.82, 2.24) is 4.98 Å². The van der Waals surface area contributed by atoms with Crippen LogP contribution in [-0.2, 0) is 30.3 Å². The molecule has 4 nitrogen and oxygen atoms in total. The van der Waals surface area contributed by atoms with Crippen LogP contribution in [0.15, 0.2) is 72.6 Å². The zero-order chi connectivity index (χ0) is 30.6. The summed E-state index contributed by atoms with van der Waals surface area (Å²) in [4.78, 5) is 16.4. The predicted molar refractivity (Wildman–Crippen MR) is 172 cm³/mol. The molecule has 42 heavy (non-hydrogen) atoms. The Kier molecular flexibility index (Phi) is 11.7. The molecule has 1 heterocycles. The number of aliphatic hydroxyl groups is 1. The summed E-state index contributed by atoms with van der Waals surface area (Å²) in [6.45, 7) is 20.4. The molecule has 227 valence electrons. The first-order valence-corrected chi connectivity index (χ1v) is 14.5. The van der Waals surface area contributed by atoms with E-state index in [-0.39, 0.29) is 47.9 Å². The number of benzene rings is 3. The average Bonchev–Trinajstić information content (AvgIpc) is 2.94. The maximum Gasteiger partial charge on any atom is 0.225 e. The van der Waals surface area contributed by atoms with E-state index >= 15 is 0 Å². The van der Waals surface area contributed by atoms with Crippen LogP contribution in [0.5, 0.6) is 11.6 Å². The van der Waals surface area contributed by atoms with Crippen molar-refractivity contribution in [2.45, 2.75) is 87.5 Å². The van der Waals surface area contributed by atoms with Crippen LogP contribution >= 0.6 is 0 Å². The maximum atomic E-state index is 11.8. The van der Waals surface area contributed by atoms with Crippen molar-refractivity contribution in [2.75, 3.05) is 0 Å². The minimum absolute atomic E-state index is 0. The molecule has 0 amide bonds. The summed E-state index contributed by atoms with van der Waals surface area (Å²) >= 11 is 0. The molecule has 0 saturated heterocycles. The second kappa shape index (κ2) is 14.0.